The van der Waals surface area contributed by atoms with Gasteiger partial charge in [0.2, 0.25) is 16.6 Å². The zero-order valence-corrected chi connectivity index (χ0v) is 23.0. The number of carbonyl (C=O) groups excluding carboxylic acids is 1. The Morgan fingerprint density at radius 3 is 2.58 bits per heavy atom. The van der Waals surface area contributed by atoms with Crippen molar-refractivity contribution in [3.63, 3.8) is 0 Å². The van der Waals surface area contributed by atoms with Gasteiger partial charge < -0.3 is 14.5 Å². The molecule has 208 valence electrons. The van der Waals surface area contributed by atoms with Crippen LogP contribution in [0.3, 0.4) is 0 Å². The first kappa shape index (κ1) is 28.6. The average molecular weight is 565 g/mol. The van der Waals surface area contributed by atoms with Crippen molar-refractivity contribution in [3.05, 3.63) is 77.1 Å². The molecule has 4 aromatic rings. The summed E-state index contributed by atoms with van der Waals surface area (Å²) in [5, 5.41) is 12.2. The number of carbonyl (C=O) groups is 1. The summed E-state index contributed by atoms with van der Waals surface area (Å²) in [5.41, 5.74) is 1.94. The number of aryl methyl sites for hydroxylation is 1. The minimum Gasteiger partial charge on any atom is -0.492 e. The van der Waals surface area contributed by atoms with E-state index in [9.17, 15) is 22.9 Å². The van der Waals surface area contributed by atoms with Gasteiger partial charge in [-0.25, -0.2) is 12.8 Å². The van der Waals surface area contributed by atoms with Crippen molar-refractivity contribution < 1.29 is 26.8 Å². The number of anilines is 1. The molecule has 1 amide bonds. The molecular formula is C29H29FN4O5S. The Balaban J connectivity index is 1.55. The highest BCUT2D eigenvalue weighted by Gasteiger charge is 2.25. The van der Waals surface area contributed by atoms with Gasteiger partial charge in [0.05, 0.1) is 23.1 Å². The fraction of sp³-hybridized carbons (Fsp3) is 0.276. The molecule has 11 heteroatoms. The minimum absolute atomic E-state index is 0.108. The van der Waals surface area contributed by atoms with Crippen LogP contribution in [0.4, 0.5) is 10.2 Å². The zero-order valence-electron chi connectivity index (χ0n) is 22.1. The number of aromatic nitrogens is 1. The number of hydrogen-bond acceptors (Lipinski definition) is 7. The number of furan rings is 1. The number of fused-ring (bicyclic) bond motifs is 1. The molecular weight excluding hydrogens is 535 g/mol. The number of rotatable bonds is 12. The molecule has 4 rings (SSSR count). The summed E-state index contributed by atoms with van der Waals surface area (Å²) in [6.07, 6.45) is 2.38. The number of nitriles is 1. The van der Waals surface area contributed by atoms with E-state index in [0.717, 1.165) is 0 Å². The number of nitrogens with one attached hydrogen (secondary N) is 1. The smallest absolute Gasteiger partial charge is 0.255 e. The highest BCUT2D eigenvalue weighted by Crippen LogP contribution is 2.36. The van der Waals surface area contributed by atoms with E-state index in [1.807, 2.05) is 6.92 Å². The number of halogens is 1. The van der Waals surface area contributed by atoms with Crippen LogP contribution < -0.4 is 14.4 Å². The molecule has 0 radical (unpaired) electrons. The maximum atomic E-state index is 13.5. The maximum Gasteiger partial charge on any atom is 0.255 e. The third-order valence-electron chi connectivity index (χ3n) is 6.40. The third-order valence-corrected chi connectivity index (χ3v) is 7.18. The molecule has 2 heterocycles. The summed E-state index contributed by atoms with van der Waals surface area (Å²) in [5.74, 6) is 0.156. The monoisotopic (exact) mass is 564 g/mol. The third kappa shape index (κ3) is 6.24. The molecule has 0 aliphatic rings. The highest BCUT2D eigenvalue weighted by molar-refractivity contribution is 7.74. The fourth-order valence-electron chi connectivity index (χ4n) is 4.37. The lowest BCUT2D eigenvalue weighted by Crippen LogP contribution is -2.25. The molecule has 40 heavy (non-hydrogen) atoms. The SMILES string of the molecule is CCc1cc2c(C(=O)NC)c(-c3ccc(F)cc3)oc2nc1N(CCCCCOc1ccccc1C#N)[SH](=O)=O. The number of pyridine rings is 1. The van der Waals surface area contributed by atoms with Crippen LogP contribution in [0.2, 0.25) is 0 Å². The van der Waals surface area contributed by atoms with Crippen LogP contribution in [-0.2, 0) is 17.3 Å². The van der Waals surface area contributed by atoms with Crippen LogP contribution in [0, 0.1) is 17.1 Å². The van der Waals surface area contributed by atoms with Crippen molar-refractivity contribution in [2.75, 3.05) is 24.5 Å². The largest absolute Gasteiger partial charge is 0.492 e. The molecule has 0 saturated heterocycles. The first-order valence-corrected chi connectivity index (χ1v) is 14.0. The van der Waals surface area contributed by atoms with Gasteiger partial charge in [0.15, 0.2) is 0 Å². The van der Waals surface area contributed by atoms with Gasteiger partial charge >= 0.3 is 0 Å². The maximum absolute atomic E-state index is 13.5. The van der Waals surface area contributed by atoms with Gasteiger partial charge in [-0.05, 0) is 73.7 Å². The van der Waals surface area contributed by atoms with Crippen molar-refractivity contribution in [2.24, 2.45) is 0 Å². The number of thiol groups is 1. The van der Waals surface area contributed by atoms with Crippen molar-refractivity contribution in [2.45, 2.75) is 32.6 Å². The van der Waals surface area contributed by atoms with Gasteiger partial charge in [-0.2, -0.15) is 10.2 Å². The molecule has 0 aliphatic carbocycles. The highest BCUT2D eigenvalue weighted by atomic mass is 32.2. The Labute approximate surface area is 233 Å². The normalized spacial score (nSPS) is 11.0. The first-order valence-electron chi connectivity index (χ1n) is 12.9. The number of hydrogen-bond donors (Lipinski definition) is 2. The lowest BCUT2D eigenvalue weighted by molar-refractivity contribution is 0.0964. The minimum atomic E-state index is -3.01. The summed E-state index contributed by atoms with van der Waals surface area (Å²) in [6, 6.07) is 16.4. The van der Waals surface area contributed by atoms with Gasteiger partial charge in [-0.3, -0.25) is 9.10 Å². The Morgan fingerprint density at radius 2 is 1.90 bits per heavy atom. The Hall–Kier alpha value is -4.43. The Bertz CT molecular complexity index is 1620. The summed E-state index contributed by atoms with van der Waals surface area (Å²) in [7, 11) is -1.51. The van der Waals surface area contributed by atoms with E-state index in [0.29, 0.717) is 60.1 Å². The van der Waals surface area contributed by atoms with E-state index in [1.54, 1.807) is 30.3 Å². The summed E-state index contributed by atoms with van der Waals surface area (Å²) in [4.78, 5) is 17.4. The van der Waals surface area contributed by atoms with E-state index < -0.39 is 22.6 Å². The number of amides is 1. The molecule has 9 nitrogen and oxygen atoms in total. The van der Waals surface area contributed by atoms with E-state index in [-0.39, 0.29) is 29.4 Å². The quantitative estimate of drug-likeness (QED) is 0.183. The molecule has 0 spiro atoms. The second-order valence-electron chi connectivity index (χ2n) is 8.95. The molecule has 0 bridgehead atoms. The van der Waals surface area contributed by atoms with Crippen molar-refractivity contribution >= 4 is 33.7 Å². The van der Waals surface area contributed by atoms with Crippen LogP contribution in [0.25, 0.3) is 22.4 Å². The number of unbranched alkanes of at least 4 members (excludes halogenated alkanes) is 2. The van der Waals surface area contributed by atoms with E-state index in [4.69, 9.17) is 9.15 Å². The van der Waals surface area contributed by atoms with Crippen molar-refractivity contribution in [3.8, 4) is 23.1 Å². The number of benzene rings is 2. The van der Waals surface area contributed by atoms with E-state index >= 15 is 0 Å². The second kappa shape index (κ2) is 13.1. The molecule has 0 aliphatic heterocycles. The summed E-state index contributed by atoms with van der Waals surface area (Å²) in [6.45, 7) is 2.47. The average Bonchev–Trinajstić information content (AvgIpc) is 3.34. The van der Waals surface area contributed by atoms with Crippen LogP contribution >= 0.6 is 0 Å². The van der Waals surface area contributed by atoms with Gasteiger partial charge in [-0.15, -0.1) is 0 Å². The topological polar surface area (TPSA) is 126 Å². The van der Waals surface area contributed by atoms with Crippen LogP contribution in [0.15, 0.2) is 59.0 Å². The number of ether oxygens (including phenoxy) is 1. The lowest BCUT2D eigenvalue weighted by atomic mass is 10.0. The summed E-state index contributed by atoms with van der Waals surface area (Å²) < 4.78 is 51.0. The number of nitrogens with zero attached hydrogens (tertiary/aromatic N) is 3. The Morgan fingerprint density at radius 1 is 1.15 bits per heavy atom. The van der Waals surface area contributed by atoms with E-state index in [2.05, 4.69) is 16.4 Å². The molecule has 2 aromatic carbocycles. The first-order chi connectivity index (χ1) is 19.4. The molecule has 0 atom stereocenters. The predicted octanol–water partition coefficient (Wildman–Crippen LogP) is 5.01. The molecule has 0 unspecified atom stereocenters. The molecule has 2 aromatic heterocycles. The van der Waals surface area contributed by atoms with Gasteiger partial charge in [0, 0.05) is 19.2 Å². The van der Waals surface area contributed by atoms with Crippen LogP contribution in [-0.4, -0.2) is 39.5 Å². The zero-order chi connectivity index (χ0) is 28.6. The van der Waals surface area contributed by atoms with Gasteiger partial charge in [0.25, 0.3) is 5.91 Å². The molecule has 1 N–H and O–H groups in total. The van der Waals surface area contributed by atoms with Crippen molar-refractivity contribution in [1.29, 1.82) is 5.26 Å². The standard InChI is InChI=1S/C29H29FN4O5S/c1-3-19-17-23-25(28(35)32-2)26(20-11-13-22(30)14-12-20)39-29(23)33-27(19)34(40(36)37)15-7-4-8-16-38-24-10-6-5-9-21(24)18-31/h5-6,9-14,17,40H,3-4,7-8,15-16H2,1-2H3,(H,32,35). The fourth-order valence-corrected chi connectivity index (χ4v) is 5.00. The van der Waals surface area contributed by atoms with Crippen molar-refractivity contribution in [1.82, 2.24) is 10.3 Å². The van der Waals surface area contributed by atoms with Gasteiger partial charge in [-0.1, -0.05) is 19.1 Å². The predicted molar refractivity (Wildman–Crippen MR) is 150 cm³/mol. The molecule has 0 fully saturated rings. The second-order valence-corrected chi connectivity index (χ2v) is 9.91. The number of para-hydroxylation sites is 1. The van der Waals surface area contributed by atoms with Crippen LogP contribution in [0.5, 0.6) is 5.75 Å². The Kier molecular flexibility index (Phi) is 9.35. The van der Waals surface area contributed by atoms with E-state index in [1.165, 1.54) is 35.6 Å². The van der Waals surface area contributed by atoms with Gasteiger partial charge in [0.1, 0.15) is 29.2 Å². The lowest BCUT2D eigenvalue weighted by Gasteiger charge is -2.19. The molecule has 0 saturated carbocycles. The van der Waals surface area contributed by atoms with Crippen LogP contribution in [0.1, 0.15) is 47.7 Å². The summed E-state index contributed by atoms with van der Waals surface area (Å²) >= 11 is 0.